The van der Waals surface area contributed by atoms with Crippen molar-refractivity contribution < 1.29 is 14.8 Å². The quantitative estimate of drug-likeness (QED) is 0.500. The first-order valence-corrected chi connectivity index (χ1v) is 6.80. The van der Waals surface area contributed by atoms with Gasteiger partial charge in [0, 0.05) is 11.4 Å². The lowest BCUT2D eigenvalue weighted by Gasteiger charge is -2.12. The third kappa shape index (κ3) is 2.98. The number of anilines is 1. The van der Waals surface area contributed by atoms with Gasteiger partial charge in [0.15, 0.2) is 0 Å². The summed E-state index contributed by atoms with van der Waals surface area (Å²) in [5.41, 5.74) is 5.09. The maximum Gasteiger partial charge on any atom is 0.337 e. The molecule has 8 heteroatoms. The van der Waals surface area contributed by atoms with E-state index in [4.69, 9.17) is 28.9 Å². The number of nitrogen functional groups attached to an aromatic ring is 1. The van der Waals surface area contributed by atoms with Gasteiger partial charge in [0.05, 0.1) is 21.1 Å². The molecule has 0 aromatic heterocycles. The molecule has 3 N–H and O–H groups in total. The van der Waals surface area contributed by atoms with Gasteiger partial charge in [-0.1, -0.05) is 41.4 Å². The molecular weight excluding hydrogens is 331 g/mol. The van der Waals surface area contributed by atoms with Crippen molar-refractivity contribution in [2.45, 2.75) is 6.42 Å². The minimum Gasteiger partial charge on any atom is -0.478 e. The summed E-state index contributed by atoms with van der Waals surface area (Å²) in [5.74, 6) is -1.37. The third-order valence-electron chi connectivity index (χ3n) is 3.10. The van der Waals surface area contributed by atoms with Crippen LogP contribution in [0.2, 0.25) is 10.0 Å². The summed E-state index contributed by atoms with van der Waals surface area (Å²) in [6, 6.07) is 7.72. The van der Waals surface area contributed by atoms with Crippen LogP contribution in [0.5, 0.6) is 0 Å². The molecule has 2 aromatic carbocycles. The van der Waals surface area contributed by atoms with Crippen molar-refractivity contribution in [3.63, 3.8) is 0 Å². The molecule has 2 rings (SSSR count). The highest BCUT2D eigenvalue weighted by atomic mass is 35.5. The highest BCUT2D eigenvalue weighted by molar-refractivity contribution is 6.34. The average molecular weight is 341 g/mol. The fourth-order valence-electron chi connectivity index (χ4n) is 2.16. The number of nitro groups is 1. The monoisotopic (exact) mass is 340 g/mol. The molecule has 6 nitrogen and oxygen atoms in total. The Kier molecular flexibility index (Phi) is 4.54. The summed E-state index contributed by atoms with van der Waals surface area (Å²) >= 11 is 11.9. The minimum atomic E-state index is -1.37. The van der Waals surface area contributed by atoms with E-state index in [2.05, 4.69) is 0 Å². The topological polar surface area (TPSA) is 106 Å². The van der Waals surface area contributed by atoms with Crippen LogP contribution in [0.1, 0.15) is 21.5 Å². The number of halogens is 2. The van der Waals surface area contributed by atoms with Gasteiger partial charge in [-0.25, -0.2) is 4.79 Å². The van der Waals surface area contributed by atoms with Crippen LogP contribution in [0.25, 0.3) is 0 Å². The Labute approximate surface area is 135 Å². The summed E-state index contributed by atoms with van der Waals surface area (Å²) in [7, 11) is 0. The normalized spacial score (nSPS) is 10.5. The van der Waals surface area contributed by atoms with Crippen molar-refractivity contribution in [2.75, 3.05) is 5.73 Å². The molecule has 0 saturated heterocycles. The summed E-state index contributed by atoms with van der Waals surface area (Å²) < 4.78 is 0. The number of hydrogen-bond donors (Lipinski definition) is 2. The summed E-state index contributed by atoms with van der Waals surface area (Å²) in [6.07, 6.45) is -0.0671. The molecular formula is C14H10Cl2N2O4. The van der Waals surface area contributed by atoms with E-state index in [9.17, 15) is 20.0 Å². The van der Waals surface area contributed by atoms with Gasteiger partial charge in [-0.15, -0.1) is 0 Å². The first-order chi connectivity index (χ1) is 10.3. The Balaban J connectivity index is 2.73. The van der Waals surface area contributed by atoms with Gasteiger partial charge >= 0.3 is 5.97 Å². The van der Waals surface area contributed by atoms with E-state index in [1.165, 1.54) is 0 Å². The SMILES string of the molecule is Nc1cc(Cl)c(C(=O)O)c(Cc2ccccc2Cl)c1[N+](=O)[O-]. The molecule has 0 unspecified atom stereocenters. The van der Waals surface area contributed by atoms with Crippen LogP contribution in [0.15, 0.2) is 30.3 Å². The number of nitro benzene ring substituents is 1. The van der Waals surface area contributed by atoms with Gasteiger partial charge in [0.1, 0.15) is 5.69 Å². The van der Waals surface area contributed by atoms with E-state index in [1.807, 2.05) is 0 Å². The first-order valence-electron chi connectivity index (χ1n) is 6.04. The minimum absolute atomic E-state index is 0.0671. The second kappa shape index (κ2) is 6.21. The summed E-state index contributed by atoms with van der Waals surface area (Å²) in [5, 5.41) is 20.8. The van der Waals surface area contributed by atoms with Crippen molar-refractivity contribution >= 4 is 40.5 Å². The lowest BCUT2D eigenvalue weighted by Crippen LogP contribution is -2.10. The van der Waals surface area contributed by atoms with Crippen LogP contribution >= 0.6 is 23.2 Å². The zero-order valence-electron chi connectivity index (χ0n) is 11.0. The van der Waals surface area contributed by atoms with Crippen molar-refractivity contribution in [1.29, 1.82) is 0 Å². The Bertz CT molecular complexity index is 739. The van der Waals surface area contributed by atoms with Crippen LogP contribution in [-0.2, 0) is 6.42 Å². The van der Waals surface area contributed by atoms with Crippen LogP contribution in [-0.4, -0.2) is 16.0 Å². The van der Waals surface area contributed by atoms with Crippen LogP contribution in [0.3, 0.4) is 0 Å². The van der Waals surface area contributed by atoms with E-state index < -0.39 is 16.6 Å². The highest BCUT2D eigenvalue weighted by Crippen LogP contribution is 2.37. The zero-order valence-corrected chi connectivity index (χ0v) is 12.6. The van der Waals surface area contributed by atoms with Crippen molar-refractivity contribution in [3.05, 3.63) is 67.2 Å². The fourth-order valence-corrected chi connectivity index (χ4v) is 2.68. The predicted molar refractivity (Wildman–Crippen MR) is 83.7 cm³/mol. The Morgan fingerprint density at radius 1 is 1.27 bits per heavy atom. The standard InChI is InChI=1S/C14H10Cl2N2O4/c15-9-4-2-1-3-7(9)5-8-12(14(19)20)10(16)6-11(17)13(8)18(21)22/h1-4,6H,5,17H2,(H,19,20). The molecule has 0 spiro atoms. The highest BCUT2D eigenvalue weighted by Gasteiger charge is 2.28. The smallest absolute Gasteiger partial charge is 0.337 e. The van der Waals surface area contributed by atoms with Gasteiger partial charge in [0.25, 0.3) is 5.69 Å². The Morgan fingerprint density at radius 3 is 2.45 bits per heavy atom. The average Bonchev–Trinajstić information content (AvgIpc) is 2.39. The molecule has 0 fully saturated rings. The molecule has 114 valence electrons. The fraction of sp³-hybridized carbons (Fsp3) is 0.0714. The van der Waals surface area contributed by atoms with E-state index >= 15 is 0 Å². The third-order valence-corrected chi connectivity index (χ3v) is 3.77. The van der Waals surface area contributed by atoms with Crippen LogP contribution in [0, 0.1) is 10.1 Å². The van der Waals surface area contributed by atoms with Gasteiger partial charge in [-0.2, -0.15) is 0 Å². The van der Waals surface area contributed by atoms with Gasteiger partial charge in [-0.05, 0) is 17.7 Å². The Morgan fingerprint density at radius 2 is 1.91 bits per heavy atom. The number of aromatic carboxylic acids is 1. The second-order valence-corrected chi connectivity index (χ2v) is 5.29. The molecule has 0 bridgehead atoms. The number of carboxylic acid groups (broad SMARTS) is 1. The van der Waals surface area contributed by atoms with E-state index in [0.717, 1.165) is 6.07 Å². The molecule has 0 radical (unpaired) electrons. The molecule has 0 aliphatic heterocycles. The molecule has 0 atom stereocenters. The lowest BCUT2D eigenvalue weighted by molar-refractivity contribution is -0.384. The molecule has 2 aromatic rings. The number of benzene rings is 2. The lowest BCUT2D eigenvalue weighted by atomic mass is 9.96. The molecule has 22 heavy (non-hydrogen) atoms. The first kappa shape index (κ1) is 16.1. The molecule has 0 aliphatic rings. The van der Waals surface area contributed by atoms with Crippen LogP contribution in [0.4, 0.5) is 11.4 Å². The second-order valence-electron chi connectivity index (χ2n) is 4.48. The number of nitrogens with zero attached hydrogens (tertiary/aromatic N) is 1. The Hall–Kier alpha value is -2.31. The largest absolute Gasteiger partial charge is 0.478 e. The number of nitrogens with two attached hydrogens (primary N) is 1. The van der Waals surface area contributed by atoms with Gasteiger partial charge in [-0.3, -0.25) is 10.1 Å². The number of rotatable bonds is 4. The zero-order chi connectivity index (χ0) is 16.4. The molecule has 0 saturated carbocycles. The van der Waals surface area contributed by atoms with E-state index in [1.54, 1.807) is 24.3 Å². The van der Waals surface area contributed by atoms with Crippen molar-refractivity contribution in [2.24, 2.45) is 0 Å². The number of carbonyl (C=O) groups is 1. The number of hydrogen-bond acceptors (Lipinski definition) is 4. The van der Waals surface area contributed by atoms with Crippen molar-refractivity contribution in [3.8, 4) is 0 Å². The molecule has 0 amide bonds. The maximum atomic E-state index is 11.4. The number of carboxylic acids is 1. The molecule has 0 aliphatic carbocycles. The maximum absolute atomic E-state index is 11.4. The summed E-state index contributed by atoms with van der Waals surface area (Å²) in [4.78, 5) is 22.0. The van der Waals surface area contributed by atoms with Gasteiger partial charge < -0.3 is 10.8 Å². The van der Waals surface area contributed by atoms with Crippen molar-refractivity contribution in [1.82, 2.24) is 0 Å². The van der Waals surface area contributed by atoms with E-state index in [0.29, 0.717) is 10.6 Å². The molecule has 0 heterocycles. The van der Waals surface area contributed by atoms with Gasteiger partial charge in [0.2, 0.25) is 0 Å². The van der Waals surface area contributed by atoms with E-state index in [-0.39, 0.29) is 28.3 Å². The summed E-state index contributed by atoms with van der Waals surface area (Å²) in [6.45, 7) is 0. The van der Waals surface area contributed by atoms with Crippen LogP contribution < -0.4 is 5.73 Å². The predicted octanol–water partition coefficient (Wildman–Crippen LogP) is 3.77.